The molecule has 1 aliphatic carbocycles. The molecule has 1 heterocycles. The fourth-order valence-corrected chi connectivity index (χ4v) is 2.53. The molecule has 0 bridgehead atoms. The van der Waals surface area contributed by atoms with E-state index in [1.165, 1.54) is 17.6 Å². The van der Waals surface area contributed by atoms with Crippen molar-refractivity contribution in [3.05, 3.63) is 28.6 Å². The Kier molecular flexibility index (Phi) is 2.42. The van der Waals surface area contributed by atoms with Crippen LogP contribution < -0.4 is 10.3 Å². The SMILES string of the molecule is COc1ccc2c(=O)n(C3CCCC3)oc2c1. The Labute approximate surface area is 98.7 Å². The summed E-state index contributed by atoms with van der Waals surface area (Å²) >= 11 is 0. The molecular formula is C13H15NO3. The van der Waals surface area contributed by atoms with Crippen LogP contribution in [-0.4, -0.2) is 11.8 Å². The van der Waals surface area contributed by atoms with Crippen LogP contribution in [0.1, 0.15) is 31.7 Å². The molecule has 17 heavy (non-hydrogen) atoms. The second kappa shape index (κ2) is 3.95. The Balaban J connectivity index is 2.13. The summed E-state index contributed by atoms with van der Waals surface area (Å²) in [5.41, 5.74) is 0.593. The van der Waals surface area contributed by atoms with Gasteiger partial charge in [-0.3, -0.25) is 4.79 Å². The summed E-state index contributed by atoms with van der Waals surface area (Å²) < 4.78 is 12.3. The molecule has 0 atom stereocenters. The first-order valence-electron chi connectivity index (χ1n) is 5.99. The average molecular weight is 233 g/mol. The number of fused-ring (bicyclic) bond motifs is 1. The lowest BCUT2D eigenvalue weighted by atomic mass is 10.2. The number of methoxy groups -OCH3 is 1. The molecule has 1 aromatic heterocycles. The maximum Gasteiger partial charge on any atom is 0.290 e. The fraction of sp³-hybridized carbons (Fsp3) is 0.462. The third kappa shape index (κ3) is 1.64. The normalized spacial score (nSPS) is 16.8. The summed E-state index contributed by atoms with van der Waals surface area (Å²) in [5.74, 6) is 0.713. The molecule has 1 fully saturated rings. The molecule has 4 heteroatoms. The number of benzene rings is 1. The maximum atomic E-state index is 12.1. The zero-order chi connectivity index (χ0) is 11.8. The van der Waals surface area contributed by atoms with Gasteiger partial charge in [-0.25, -0.2) is 0 Å². The first-order chi connectivity index (χ1) is 8.29. The molecule has 3 rings (SSSR count). The van der Waals surface area contributed by atoms with E-state index in [4.69, 9.17) is 9.26 Å². The summed E-state index contributed by atoms with van der Waals surface area (Å²) in [7, 11) is 1.60. The van der Waals surface area contributed by atoms with Crippen molar-refractivity contribution in [2.75, 3.05) is 7.11 Å². The predicted octanol–water partition coefficient (Wildman–Crippen LogP) is 2.72. The number of ether oxygens (including phenoxy) is 1. The van der Waals surface area contributed by atoms with E-state index in [9.17, 15) is 4.79 Å². The van der Waals surface area contributed by atoms with E-state index in [0.717, 1.165) is 12.8 Å². The predicted molar refractivity (Wildman–Crippen MR) is 64.5 cm³/mol. The second-order valence-corrected chi connectivity index (χ2v) is 4.52. The van der Waals surface area contributed by atoms with Gasteiger partial charge >= 0.3 is 0 Å². The van der Waals surface area contributed by atoms with Crippen molar-refractivity contribution in [1.29, 1.82) is 0 Å². The lowest BCUT2D eigenvalue weighted by Crippen LogP contribution is -2.18. The zero-order valence-corrected chi connectivity index (χ0v) is 9.81. The first-order valence-corrected chi connectivity index (χ1v) is 5.99. The van der Waals surface area contributed by atoms with E-state index in [0.29, 0.717) is 16.7 Å². The van der Waals surface area contributed by atoms with E-state index in [2.05, 4.69) is 0 Å². The minimum atomic E-state index is -0.0189. The first kappa shape index (κ1) is 10.4. The van der Waals surface area contributed by atoms with Gasteiger partial charge in [0.25, 0.3) is 5.56 Å². The van der Waals surface area contributed by atoms with Crippen molar-refractivity contribution >= 4 is 11.0 Å². The van der Waals surface area contributed by atoms with Crippen LogP contribution in [0.5, 0.6) is 5.75 Å². The Hall–Kier alpha value is -1.71. The molecule has 0 aliphatic heterocycles. The van der Waals surface area contributed by atoms with Gasteiger partial charge in [-0.05, 0) is 25.0 Å². The summed E-state index contributed by atoms with van der Waals surface area (Å²) in [4.78, 5) is 12.1. The van der Waals surface area contributed by atoms with Crippen LogP contribution in [0.25, 0.3) is 11.0 Å². The number of hydrogen-bond donors (Lipinski definition) is 0. The van der Waals surface area contributed by atoms with E-state index in [1.54, 1.807) is 25.3 Å². The molecule has 1 aromatic carbocycles. The van der Waals surface area contributed by atoms with Crippen LogP contribution in [-0.2, 0) is 0 Å². The highest BCUT2D eigenvalue weighted by molar-refractivity contribution is 5.77. The molecule has 0 radical (unpaired) electrons. The van der Waals surface area contributed by atoms with Gasteiger partial charge in [0.2, 0.25) is 0 Å². The summed E-state index contributed by atoms with van der Waals surface area (Å²) in [6.07, 6.45) is 4.43. The molecule has 0 spiro atoms. The molecule has 4 nitrogen and oxygen atoms in total. The lowest BCUT2D eigenvalue weighted by Gasteiger charge is -2.06. The van der Waals surface area contributed by atoms with Gasteiger partial charge < -0.3 is 9.26 Å². The summed E-state index contributed by atoms with van der Waals surface area (Å²) in [5, 5.41) is 0.637. The van der Waals surface area contributed by atoms with Crippen molar-refractivity contribution in [2.45, 2.75) is 31.7 Å². The largest absolute Gasteiger partial charge is 0.497 e. The van der Waals surface area contributed by atoms with E-state index >= 15 is 0 Å². The second-order valence-electron chi connectivity index (χ2n) is 4.52. The number of rotatable bonds is 2. The fourth-order valence-electron chi connectivity index (χ4n) is 2.53. The van der Waals surface area contributed by atoms with E-state index < -0.39 is 0 Å². The number of hydrogen-bond acceptors (Lipinski definition) is 3. The highest BCUT2D eigenvalue weighted by atomic mass is 16.5. The van der Waals surface area contributed by atoms with Crippen LogP contribution in [0.2, 0.25) is 0 Å². The zero-order valence-electron chi connectivity index (χ0n) is 9.81. The van der Waals surface area contributed by atoms with Crippen molar-refractivity contribution in [3.8, 4) is 5.75 Å². The molecule has 0 amide bonds. The van der Waals surface area contributed by atoms with Crippen LogP contribution in [0.4, 0.5) is 0 Å². The van der Waals surface area contributed by atoms with Crippen LogP contribution >= 0.6 is 0 Å². The Morgan fingerprint density at radius 1 is 1.35 bits per heavy atom. The minimum Gasteiger partial charge on any atom is -0.497 e. The summed E-state index contributed by atoms with van der Waals surface area (Å²) in [6, 6.07) is 5.56. The highest BCUT2D eigenvalue weighted by Gasteiger charge is 2.22. The Morgan fingerprint density at radius 3 is 2.82 bits per heavy atom. The van der Waals surface area contributed by atoms with Gasteiger partial charge in [-0.15, -0.1) is 0 Å². The molecule has 2 aromatic rings. The van der Waals surface area contributed by atoms with Crippen molar-refractivity contribution in [2.24, 2.45) is 0 Å². The Bertz CT molecular complexity index is 590. The maximum absolute atomic E-state index is 12.1. The molecule has 90 valence electrons. The molecule has 0 saturated heterocycles. The highest BCUT2D eigenvalue weighted by Crippen LogP contribution is 2.30. The topological polar surface area (TPSA) is 44.4 Å². The Morgan fingerprint density at radius 2 is 2.12 bits per heavy atom. The van der Waals surface area contributed by atoms with Crippen LogP contribution in [0.15, 0.2) is 27.5 Å². The van der Waals surface area contributed by atoms with E-state index in [1.807, 2.05) is 0 Å². The average Bonchev–Trinajstić information content (AvgIpc) is 2.97. The molecule has 0 N–H and O–H groups in total. The standard InChI is InChI=1S/C13H15NO3/c1-16-10-6-7-11-12(8-10)17-14(13(11)15)9-4-2-3-5-9/h6-9H,2-5H2,1H3. The third-order valence-corrected chi connectivity index (χ3v) is 3.47. The van der Waals surface area contributed by atoms with Gasteiger partial charge in [0.1, 0.15) is 5.75 Å². The smallest absolute Gasteiger partial charge is 0.290 e. The quantitative estimate of drug-likeness (QED) is 0.801. The minimum absolute atomic E-state index is 0.0189. The van der Waals surface area contributed by atoms with E-state index in [-0.39, 0.29) is 11.6 Å². The van der Waals surface area contributed by atoms with Gasteiger partial charge in [-0.2, -0.15) is 4.74 Å². The van der Waals surface area contributed by atoms with Crippen LogP contribution in [0, 0.1) is 0 Å². The van der Waals surface area contributed by atoms with Crippen molar-refractivity contribution in [3.63, 3.8) is 0 Å². The van der Waals surface area contributed by atoms with Gasteiger partial charge in [0.15, 0.2) is 5.58 Å². The molecule has 1 saturated carbocycles. The number of aromatic nitrogens is 1. The third-order valence-electron chi connectivity index (χ3n) is 3.47. The van der Waals surface area contributed by atoms with Gasteiger partial charge in [0, 0.05) is 6.07 Å². The van der Waals surface area contributed by atoms with Crippen molar-refractivity contribution in [1.82, 2.24) is 4.74 Å². The molecular weight excluding hydrogens is 218 g/mol. The monoisotopic (exact) mass is 233 g/mol. The molecule has 1 aliphatic rings. The van der Waals surface area contributed by atoms with Crippen molar-refractivity contribution < 1.29 is 9.26 Å². The van der Waals surface area contributed by atoms with Crippen LogP contribution in [0.3, 0.4) is 0 Å². The molecule has 0 unspecified atom stereocenters. The summed E-state index contributed by atoms with van der Waals surface area (Å²) in [6.45, 7) is 0. The van der Waals surface area contributed by atoms with Gasteiger partial charge in [-0.1, -0.05) is 12.8 Å². The lowest BCUT2D eigenvalue weighted by molar-refractivity contribution is 0.230. The number of nitrogens with zero attached hydrogens (tertiary/aromatic N) is 1. The van der Waals surface area contributed by atoms with Gasteiger partial charge in [0.05, 0.1) is 18.5 Å².